The topological polar surface area (TPSA) is 197 Å². The van der Waals surface area contributed by atoms with E-state index in [-0.39, 0.29) is 0 Å². The van der Waals surface area contributed by atoms with Crippen molar-refractivity contribution in [1.82, 2.24) is 4.90 Å². The third kappa shape index (κ3) is 4.14. The fraction of sp³-hybridized carbons (Fsp3) is 0.750. The van der Waals surface area contributed by atoms with Gasteiger partial charge in [-0.1, -0.05) is 0 Å². The van der Waals surface area contributed by atoms with Gasteiger partial charge in [-0.15, -0.1) is 0 Å². The van der Waals surface area contributed by atoms with E-state index in [2.05, 4.69) is 0 Å². The highest BCUT2D eigenvalue weighted by Gasteiger charge is 2.48. The lowest BCUT2D eigenvalue weighted by atomic mass is 9.95. The molecule has 6 atom stereocenters. The molecule has 0 aliphatic carbocycles. The van der Waals surface area contributed by atoms with E-state index >= 15 is 0 Å². The molecule has 1 saturated heterocycles. The number of primary amides is 1. The SMILES string of the molecule is CC(=O)N(C(CC(N)=O)C(=O)O)C1O[C@@H](CO)[C@H](O)[C@@H](O)[C@@H]1N. The van der Waals surface area contributed by atoms with E-state index in [1.807, 2.05) is 0 Å². The van der Waals surface area contributed by atoms with E-state index in [0.717, 1.165) is 6.92 Å². The number of rotatable bonds is 6. The van der Waals surface area contributed by atoms with Crippen LogP contribution in [-0.4, -0.2) is 86.3 Å². The number of carboxylic acids is 1. The molecule has 0 aromatic carbocycles. The smallest absolute Gasteiger partial charge is 0.327 e. The van der Waals surface area contributed by atoms with Crippen LogP contribution < -0.4 is 11.5 Å². The second-order valence-corrected chi connectivity index (χ2v) is 5.26. The first-order valence-electron chi connectivity index (χ1n) is 6.79. The molecule has 0 radical (unpaired) electrons. The first kappa shape index (κ1) is 19.3. The Labute approximate surface area is 131 Å². The maximum Gasteiger partial charge on any atom is 0.327 e. The largest absolute Gasteiger partial charge is 0.480 e. The van der Waals surface area contributed by atoms with E-state index in [1.54, 1.807) is 0 Å². The lowest BCUT2D eigenvalue weighted by Gasteiger charge is -2.46. The van der Waals surface area contributed by atoms with Gasteiger partial charge < -0.3 is 41.5 Å². The molecule has 1 aliphatic rings. The minimum atomic E-state index is -1.66. The first-order valence-corrected chi connectivity index (χ1v) is 6.79. The molecule has 132 valence electrons. The summed E-state index contributed by atoms with van der Waals surface area (Å²) in [4.78, 5) is 35.0. The van der Waals surface area contributed by atoms with Crippen LogP contribution in [0.5, 0.6) is 0 Å². The number of nitrogens with two attached hydrogens (primary N) is 2. The first-order chi connectivity index (χ1) is 10.6. The van der Waals surface area contributed by atoms with Gasteiger partial charge in [0.1, 0.15) is 24.4 Å². The van der Waals surface area contributed by atoms with Gasteiger partial charge in [0.2, 0.25) is 11.8 Å². The number of carbonyl (C=O) groups is 3. The van der Waals surface area contributed by atoms with Crippen LogP contribution in [0.2, 0.25) is 0 Å². The Morgan fingerprint density at radius 1 is 1.26 bits per heavy atom. The standard InChI is InChI=1S/C12H21N3O8/c1-4(17)15(5(12(21)22)2-7(13)18)11-8(14)10(20)9(19)6(3-16)23-11/h5-6,8-11,16,19-20H,2-3,14H2,1H3,(H2,13,18)(H,21,22)/t5?,6-,8-,9-,10-,11?/m0/s1. The Bertz CT molecular complexity index is 471. The highest BCUT2D eigenvalue weighted by Crippen LogP contribution is 2.25. The maximum atomic E-state index is 11.9. The summed E-state index contributed by atoms with van der Waals surface area (Å²) in [5.74, 6) is -3.28. The van der Waals surface area contributed by atoms with Gasteiger partial charge >= 0.3 is 5.97 Å². The number of carboxylic acid groups (broad SMARTS) is 1. The van der Waals surface area contributed by atoms with Crippen molar-refractivity contribution in [3.05, 3.63) is 0 Å². The van der Waals surface area contributed by atoms with Gasteiger partial charge in [0, 0.05) is 6.92 Å². The van der Waals surface area contributed by atoms with Crippen LogP contribution in [0.3, 0.4) is 0 Å². The predicted molar refractivity (Wildman–Crippen MR) is 73.5 cm³/mol. The van der Waals surface area contributed by atoms with E-state index in [9.17, 15) is 29.7 Å². The third-order valence-corrected chi connectivity index (χ3v) is 3.60. The molecule has 11 heteroatoms. The molecular weight excluding hydrogens is 314 g/mol. The summed E-state index contributed by atoms with van der Waals surface area (Å²) < 4.78 is 5.27. The van der Waals surface area contributed by atoms with Crippen molar-refractivity contribution in [2.45, 2.75) is 50.0 Å². The number of carbonyl (C=O) groups excluding carboxylic acids is 2. The fourth-order valence-electron chi connectivity index (χ4n) is 2.44. The zero-order valence-corrected chi connectivity index (χ0v) is 12.4. The van der Waals surface area contributed by atoms with Gasteiger partial charge in [-0.05, 0) is 0 Å². The number of aliphatic hydroxyl groups excluding tert-OH is 3. The number of aliphatic carboxylic acids is 1. The molecule has 1 heterocycles. The quantitative estimate of drug-likeness (QED) is 0.279. The number of nitrogens with zero attached hydrogens (tertiary/aromatic N) is 1. The van der Waals surface area contributed by atoms with E-state index in [0.29, 0.717) is 4.90 Å². The van der Waals surface area contributed by atoms with Crippen molar-refractivity contribution >= 4 is 17.8 Å². The molecule has 2 amide bonds. The summed E-state index contributed by atoms with van der Waals surface area (Å²) in [5.41, 5.74) is 10.7. The molecule has 23 heavy (non-hydrogen) atoms. The second-order valence-electron chi connectivity index (χ2n) is 5.26. The summed E-state index contributed by atoms with van der Waals surface area (Å²) in [6.45, 7) is 0.332. The van der Waals surface area contributed by atoms with Gasteiger partial charge in [-0.25, -0.2) is 4.79 Å². The Balaban J connectivity index is 3.18. The molecule has 1 rings (SSSR count). The number of ether oxygens (including phenoxy) is 1. The summed E-state index contributed by atoms with van der Waals surface area (Å²) in [6, 6.07) is -3.02. The summed E-state index contributed by atoms with van der Waals surface area (Å²) in [6.07, 6.45) is -6.53. The average molecular weight is 335 g/mol. The molecule has 0 bridgehead atoms. The fourth-order valence-corrected chi connectivity index (χ4v) is 2.44. The van der Waals surface area contributed by atoms with Crippen LogP contribution in [-0.2, 0) is 19.1 Å². The van der Waals surface area contributed by atoms with Crippen molar-refractivity contribution in [2.75, 3.05) is 6.61 Å². The number of amides is 2. The van der Waals surface area contributed by atoms with Crippen LogP contribution in [0.15, 0.2) is 0 Å². The van der Waals surface area contributed by atoms with Gasteiger partial charge in [0.15, 0.2) is 6.23 Å². The Morgan fingerprint density at radius 2 is 1.83 bits per heavy atom. The number of aliphatic hydroxyl groups is 3. The second kappa shape index (κ2) is 7.66. The molecule has 11 nitrogen and oxygen atoms in total. The Morgan fingerprint density at radius 3 is 2.22 bits per heavy atom. The molecule has 0 aromatic heterocycles. The summed E-state index contributed by atoms with van der Waals surface area (Å²) in [7, 11) is 0. The zero-order valence-electron chi connectivity index (χ0n) is 12.4. The predicted octanol–water partition coefficient (Wildman–Crippen LogP) is -4.07. The monoisotopic (exact) mass is 335 g/mol. The van der Waals surface area contributed by atoms with Crippen LogP contribution >= 0.6 is 0 Å². The van der Waals surface area contributed by atoms with Crippen molar-refractivity contribution < 1.29 is 39.5 Å². The Hall–Kier alpha value is -1.79. The summed E-state index contributed by atoms with van der Waals surface area (Å²) >= 11 is 0. The molecule has 1 fully saturated rings. The molecule has 0 saturated carbocycles. The number of hydrogen-bond donors (Lipinski definition) is 6. The molecule has 0 spiro atoms. The third-order valence-electron chi connectivity index (χ3n) is 3.60. The van der Waals surface area contributed by atoms with Crippen molar-refractivity contribution in [2.24, 2.45) is 11.5 Å². The van der Waals surface area contributed by atoms with Crippen LogP contribution in [0.1, 0.15) is 13.3 Å². The molecular formula is C12H21N3O8. The molecule has 2 unspecified atom stereocenters. The normalized spacial score (nSPS) is 32.1. The zero-order chi connectivity index (χ0) is 17.9. The van der Waals surface area contributed by atoms with E-state index < -0.39 is 67.4 Å². The Kier molecular flexibility index (Phi) is 6.41. The van der Waals surface area contributed by atoms with Gasteiger partial charge in [0.05, 0.1) is 19.1 Å². The lowest BCUT2D eigenvalue weighted by molar-refractivity contribution is -0.232. The van der Waals surface area contributed by atoms with Gasteiger partial charge in [0.25, 0.3) is 0 Å². The van der Waals surface area contributed by atoms with Crippen molar-refractivity contribution in [3.8, 4) is 0 Å². The minimum Gasteiger partial charge on any atom is -0.480 e. The van der Waals surface area contributed by atoms with Crippen LogP contribution in [0.4, 0.5) is 0 Å². The maximum absolute atomic E-state index is 11.9. The van der Waals surface area contributed by atoms with Crippen LogP contribution in [0, 0.1) is 0 Å². The molecule has 8 N–H and O–H groups in total. The number of hydrogen-bond acceptors (Lipinski definition) is 8. The van der Waals surface area contributed by atoms with Gasteiger partial charge in [-0.3, -0.25) is 9.59 Å². The van der Waals surface area contributed by atoms with E-state index in [1.165, 1.54) is 0 Å². The average Bonchev–Trinajstić information content (AvgIpc) is 2.45. The van der Waals surface area contributed by atoms with E-state index in [4.69, 9.17) is 21.3 Å². The van der Waals surface area contributed by atoms with Crippen molar-refractivity contribution in [1.29, 1.82) is 0 Å². The van der Waals surface area contributed by atoms with Crippen molar-refractivity contribution in [3.63, 3.8) is 0 Å². The van der Waals surface area contributed by atoms with Gasteiger partial charge in [-0.2, -0.15) is 0 Å². The summed E-state index contributed by atoms with van der Waals surface area (Å²) in [5, 5.41) is 38.0. The lowest BCUT2D eigenvalue weighted by Crippen LogP contribution is -2.69. The molecule has 1 aliphatic heterocycles. The van der Waals surface area contributed by atoms with Crippen LogP contribution in [0.25, 0.3) is 0 Å². The minimum absolute atomic E-state index is 0.662. The highest BCUT2D eigenvalue weighted by molar-refractivity contribution is 5.87. The molecule has 0 aromatic rings. The highest BCUT2D eigenvalue weighted by atomic mass is 16.5.